The molecule has 2 amide bonds. The lowest BCUT2D eigenvalue weighted by Crippen LogP contribution is -2.62. The number of aliphatic carboxylic acids is 1. The lowest BCUT2D eigenvalue weighted by molar-refractivity contribution is -0.186. The van der Waals surface area contributed by atoms with Crippen LogP contribution < -0.4 is 0 Å². The molecule has 0 bridgehead atoms. The first-order chi connectivity index (χ1) is 10.4. The summed E-state index contributed by atoms with van der Waals surface area (Å²) in [5, 5.41) is 11.7. The normalized spacial score (nSPS) is 26.2. The van der Waals surface area contributed by atoms with Crippen LogP contribution in [0.4, 0.5) is 0 Å². The molecule has 7 nitrogen and oxygen atoms in total. The zero-order chi connectivity index (χ0) is 16.3. The topological polar surface area (TPSA) is 95.0 Å². The van der Waals surface area contributed by atoms with E-state index in [9.17, 15) is 24.3 Å². The maximum atomic E-state index is 12.7. The third-order valence-electron chi connectivity index (χ3n) is 3.98. The molecule has 2 aliphatic rings. The molecule has 8 heteroatoms. The molecular weight excluding hydrogens is 308 g/mol. The highest BCUT2D eigenvalue weighted by Crippen LogP contribution is 2.28. The molecule has 2 atom stereocenters. The molecule has 2 fully saturated rings. The van der Waals surface area contributed by atoms with Gasteiger partial charge in [-0.3, -0.25) is 19.4 Å². The van der Waals surface area contributed by atoms with Crippen molar-refractivity contribution in [3.63, 3.8) is 0 Å². The quantitative estimate of drug-likeness (QED) is 0.826. The first kappa shape index (κ1) is 16.8. The minimum Gasteiger partial charge on any atom is -0.480 e. The smallest absolute Gasteiger partial charge is 0.328 e. The molecule has 0 aromatic carbocycles. The highest BCUT2D eigenvalue weighted by molar-refractivity contribution is 8.13. The Morgan fingerprint density at radius 3 is 2.64 bits per heavy atom. The second kappa shape index (κ2) is 7.13. The number of hydrogen-bond acceptors (Lipinski definition) is 5. The van der Waals surface area contributed by atoms with E-state index >= 15 is 0 Å². The Morgan fingerprint density at radius 1 is 1.27 bits per heavy atom. The van der Waals surface area contributed by atoms with Crippen LogP contribution in [0.1, 0.15) is 39.0 Å². The van der Waals surface area contributed by atoms with Crippen LogP contribution >= 0.6 is 11.8 Å². The van der Waals surface area contributed by atoms with Crippen LogP contribution in [0.5, 0.6) is 0 Å². The highest BCUT2D eigenvalue weighted by Gasteiger charge is 2.42. The van der Waals surface area contributed by atoms with Gasteiger partial charge in [0, 0.05) is 31.6 Å². The monoisotopic (exact) mass is 328 g/mol. The van der Waals surface area contributed by atoms with Gasteiger partial charge in [0.2, 0.25) is 11.8 Å². The van der Waals surface area contributed by atoms with E-state index < -0.39 is 17.9 Å². The molecule has 122 valence electrons. The van der Waals surface area contributed by atoms with Gasteiger partial charge in [-0.25, -0.2) is 9.80 Å². The first-order valence-corrected chi connectivity index (χ1v) is 8.40. The Morgan fingerprint density at radius 2 is 2.00 bits per heavy atom. The maximum Gasteiger partial charge on any atom is 0.328 e. The number of hydrogen-bond donors (Lipinski definition) is 1. The minimum absolute atomic E-state index is 0.0729. The third kappa shape index (κ3) is 3.60. The molecule has 2 rings (SSSR count). The van der Waals surface area contributed by atoms with Crippen LogP contribution in [0, 0.1) is 5.92 Å². The summed E-state index contributed by atoms with van der Waals surface area (Å²) < 4.78 is 0. The predicted molar refractivity (Wildman–Crippen MR) is 79.7 cm³/mol. The van der Waals surface area contributed by atoms with E-state index in [0.717, 1.165) is 16.8 Å². The van der Waals surface area contributed by atoms with Gasteiger partial charge < -0.3 is 5.11 Å². The zero-order valence-corrected chi connectivity index (χ0v) is 13.3. The number of rotatable bonds is 3. The van der Waals surface area contributed by atoms with Crippen LogP contribution in [0.2, 0.25) is 0 Å². The molecule has 2 saturated heterocycles. The number of carbonyl (C=O) groups excluding carboxylic acids is 3. The highest BCUT2D eigenvalue weighted by atomic mass is 32.2. The van der Waals surface area contributed by atoms with Crippen molar-refractivity contribution in [2.45, 2.75) is 45.1 Å². The minimum atomic E-state index is -1.09. The van der Waals surface area contributed by atoms with E-state index in [1.54, 1.807) is 0 Å². The zero-order valence-electron chi connectivity index (χ0n) is 12.5. The van der Waals surface area contributed by atoms with Crippen LogP contribution in [0.25, 0.3) is 0 Å². The Labute approximate surface area is 133 Å². The average molecular weight is 328 g/mol. The van der Waals surface area contributed by atoms with E-state index in [4.69, 9.17) is 0 Å². The van der Waals surface area contributed by atoms with Gasteiger partial charge >= 0.3 is 5.97 Å². The molecule has 0 radical (unpaired) electrons. The van der Waals surface area contributed by atoms with Gasteiger partial charge in [0.25, 0.3) is 0 Å². The molecule has 2 heterocycles. The Balaban J connectivity index is 2.25. The number of carboxylic acids is 1. The second-order valence-corrected chi connectivity index (χ2v) is 6.78. The van der Waals surface area contributed by atoms with E-state index in [2.05, 4.69) is 0 Å². The number of fused-ring (bicyclic) bond motifs is 1. The van der Waals surface area contributed by atoms with Crippen molar-refractivity contribution in [2.75, 3.05) is 12.3 Å². The number of thioether (sulfide) groups is 1. The molecule has 0 unspecified atom stereocenters. The third-order valence-corrected chi connectivity index (χ3v) is 4.96. The number of carboxylic acid groups (broad SMARTS) is 1. The molecule has 0 saturated carbocycles. The summed E-state index contributed by atoms with van der Waals surface area (Å²) in [5.41, 5.74) is 0. The summed E-state index contributed by atoms with van der Waals surface area (Å²) >= 11 is 1.07. The molecular formula is C14H20N2O5S. The molecule has 0 spiro atoms. The number of carbonyl (C=O) groups is 4. The van der Waals surface area contributed by atoms with Crippen LogP contribution in [-0.4, -0.2) is 56.4 Å². The summed E-state index contributed by atoms with van der Waals surface area (Å²) in [4.78, 5) is 47.5. The summed E-state index contributed by atoms with van der Waals surface area (Å²) in [5.74, 6) is -1.74. The van der Waals surface area contributed by atoms with Crippen molar-refractivity contribution in [3.8, 4) is 0 Å². The summed E-state index contributed by atoms with van der Waals surface area (Å²) in [6, 6.07) is -0.992. The first-order valence-electron chi connectivity index (χ1n) is 7.41. The second-order valence-electron chi connectivity index (χ2n) is 5.59. The van der Waals surface area contributed by atoms with E-state index in [1.165, 1.54) is 11.9 Å². The van der Waals surface area contributed by atoms with Gasteiger partial charge in [-0.1, -0.05) is 11.8 Å². The fourth-order valence-electron chi connectivity index (χ4n) is 2.89. The standard InChI is InChI=1S/C14H20N2O5S/c1-9(17)22-8-10-4-2-6-12(18)15-7-3-5-11(14(20)21)16(15)13(10)19/h10-11H,2-8H2,1H3,(H,20,21)/t10-,11+/m1/s1. The van der Waals surface area contributed by atoms with Crippen LogP contribution in [0.15, 0.2) is 0 Å². The largest absolute Gasteiger partial charge is 0.480 e. The van der Waals surface area contributed by atoms with Crippen LogP contribution in [-0.2, 0) is 19.2 Å². The van der Waals surface area contributed by atoms with Gasteiger partial charge in [0.1, 0.15) is 0 Å². The number of amides is 2. The van der Waals surface area contributed by atoms with Gasteiger partial charge in [-0.05, 0) is 25.7 Å². The number of nitrogens with zero attached hydrogens (tertiary/aromatic N) is 2. The van der Waals surface area contributed by atoms with Crippen molar-refractivity contribution in [1.29, 1.82) is 0 Å². The summed E-state index contributed by atoms with van der Waals surface area (Å²) in [6.45, 7) is 1.82. The van der Waals surface area contributed by atoms with Crippen molar-refractivity contribution in [3.05, 3.63) is 0 Å². The van der Waals surface area contributed by atoms with E-state index in [-0.39, 0.29) is 16.9 Å². The molecule has 2 aliphatic heterocycles. The molecule has 0 aromatic rings. The van der Waals surface area contributed by atoms with Crippen molar-refractivity contribution in [2.24, 2.45) is 5.92 Å². The van der Waals surface area contributed by atoms with Crippen molar-refractivity contribution >= 4 is 34.7 Å². The molecule has 1 N–H and O–H groups in total. The SMILES string of the molecule is CC(=O)SC[C@H]1CCCC(=O)N2CCC[C@@H](C(=O)O)N2C1=O. The van der Waals surface area contributed by atoms with Crippen LogP contribution in [0.3, 0.4) is 0 Å². The average Bonchev–Trinajstić information content (AvgIpc) is 2.47. The molecule has 0 aromatic heterocycles. The molecule has 0 aliphatic carbocycles. The summed E-state index contributed by atoms with van der Waals surface area (Å²) in [6.07, 6.45) is 2.30. The van der Waals surface area contributed by atoms with Gasteiger partial charge in [-0.15, -0.1) is 0 Å². The Kier molecular flexibility index (Phi) is 5.44. The number of hydrazine groups is 1. The van der Waals surface area contributed by atoms with E-state index in [0.29, 0.717) is 44.4 Å². The van der Waals surface area contributed by atoms with Crippen molar-refractivity contribution < 1.29 is 24.3 Å². The maximum absolute atomic E-state index is 12.7. The lowest BCUT2D eigenvalue weighted by Gasteiger charge is -2.44. The Hall–Kier alpha value is -1.57. The fourth-order valence-corrected chi connectivity index (χ4v) is 3.64. The summed E-state index contributed by atoms with van der Waals surface area (Å²) in [7, 11) is 0. The predicted octanol–water partition coefficient (Wildman–Crippen LogP) is 0.885. The Bertz CT molecular complexity index is 496. The van der Waals surface area contributed by atoms with Gasteiger partial charge in [0.05, 0.1) is 0 Å². The molecule has 22 heavy (non-hydrogen) atoms. The van der Waals surface area contributed by atoms with Crippen molar-refractivity contribution in [1.82, 2.24) is 10.0 Å². The lowest BCUT2D eigenvalue weighted by atomic mass is 9.98. The van der Waals surface area contributed by atoms with Gasteiger partial charge in [0.15, 0.2) is 11.2 Å². The van der Waals surface area contributed by atoms with E-state index in [1.807, 2.05) is 0 Å². The van der Waals surface area contributed by atoms with Gasteiger partial charge in [-0.2, -0.15) is 0 Å². The fraction of sp³-hybridized carbons (Fsp3) is 0.714.